The summed E-state index contributed by atoms with van der Waals surface area (Å²) in [6.07, 6.45) is 31.1. The fraction of sp³-hybridized carbons (Fsp3) is 0.362. The van der Waals surface area contributed by atoms with Crippen molar-refractivity contribution in [3.63, 3.8) is 0 Å². The second kappa shape index (κ2) is 13.0. The van der Waals surface area contributed by atoms with E-state index >= 15 is 0 Å². The maximum Gasteiger partial charge on any atom is 0.169 e. The van der Waals surface area contributed by atoms with Crippen LogP contribution in [0.5, 0.6) is 0 Å². The van der Waals surface area contributed by atoms with Crippen LogP contribution < -0.4 is 5.32 Å². The molecule has 7 aliphatic rings. The molecule has 3 heterocycles. The second-order valence-corrected chi connectivity index (χ2v) is 15.8. The Labute approximate surface area is 307 Å². The topological polar surface area (TPSA) is 50.9 Å². The number of aromatic nitrogens is 1. The molecule has 2 aromatic carbocycles. The SMILES string of the molecule is CC1C=C(c2ccccc2)C=C(C2=NC(C3=CCCC=C3)N=C(C3=CCCC=C3)N2)C1n1c2c(c3ccccc31)CC1OC3C=CCCC3C1C2C. The smallest absolute Gasteiger partial charge is 0.169 e. The highest BCUT2D eigenvalue weighted by Crippen LogP contribution is 2.54. The van der Waals surface area contributed by atoms with Gasteiger partial charge in [0.2, 0.25) is 0 Å². The Balaban J connectivity index is 1.16. The van der Waals surface area contributed by atoms with E-state index in [4.69, 9.17) is 14.7 Å². The number of rotatable bonds is 5. The zero-order valence-corrected chi connectivity index (χ0v) is 30.3. The van der Waals surface area contributed by atoms with E-state index in [1.165, 1.54) is 50.9 Å². The van der Waals surface area contributed by atoms with Crippen LogP contribution in [-0.2, 0) is 11.2 Å². The van der Waals surface area contributed by atoms with Crippen molar-refractivity contribution in [2.45, 2.75) is 89.1 Å². The number of fused-ring (bicyclic) bond motifs is 6. The van der Waals surface area contributed by atoms with Gasteiger partial charge in [0.25, 0.3) is 0 Å². The van der Waals surface area contributed by atoms with Gasteiger partial charge in [-0.3, -0.25) is 0 Å². The molecular formula is C47H48N4O. The summed E-state index contributed by atoms with van der Waals surface area (Å²) in [6.45, 7) is 4.91. The van der Waals surface area contributed by atoms with Crippen molar-refractivity contribution in [3.05, 3.63) is 149 Å². The molecule has 10 rings (SSSR count). The minimum Gasteiger partial charge on any atom is -0.370 e. The Morgan fingerprint density at radius 2 is 1.62 bits per heavy atom. The molecule has 5 aliphatic carbocycles. The number of hydrogen-bond acceptors (Lipinski definition) is 4. The van der Waals surface area contributed by atoms with Crippen molar-refractivity contribution in [2.24, 2.45) is 27.7 Å². The summed E-state index contributed by atoms with van der Waals surface area (Å²) < 4.78 is 9.61. The van der Waals surface area contributed by atoms with E-state index in [0.717, 1.165) is 55.8 Å². The number of nitrogens with one attached hydrogen (secondary N) is 1. The molecule has 8 atom stereocenters. The van der Waals surface area contributed by atoms with Crippen LogP contribution in [0, 0.1) is 17.8 Å². The van der Waals surface area contributed by atoms with Crippen LogP contribution in [0.4, 0.5) is 0 Å². The standard InChI is InChI=1S/C47H48N4O/c1-29-26-34(31-16-6-3-7-17-31)27-38(47-49-45(32-18-8-4-9-19-32)48-46(50-47)33-20-10-5-11-21-33)43(29)51-39-24-14-12-22-35(39)37-28-41-42(30(2)44(37)51)36-23-13-15-25-40(36)52-41/h3,6-8,10,12,14-22,24-27,29-30,36,40-43,45H,4-5,9,11,13,23,28H2,1-2H3,(H,48,49,50). The maximum atomic E-state index is 6.86. The van der Waals surface area contributed by atoms with Crippen LogP contribution in [0.25, 0.3) is 16.5 Å². The van der Waals surface area contributed by atoms with Crippen LogP contribution in [0.1, 0.15) is 81.2 Å². The number of benzene rings is 2. The Morgan fingerprint density at radius 3 is 2.44 bits per heavy atom. The van der Waals surface area contributed by atoms with E-state index in [0.29, 0.717) is 17.8 Å². The second-order valence-electron chi connectivity index (χ2n) is 15.8. The molecule has 5 heteroatoms. The van der Waals surface area contributed by atoms with Crippen molar-refractivity contribution in [3.8, 4) is 0 Å². The first-order chi connectivity index (χ1) is 25.6. The molecule has 0 radical (unpaired) electrons. The molecule has 0 saturated carbocycles. The molecule has 1 saturated heterocycles. The highest BCUT2D eigenvalue weighted by molar-refractivity contribution is 6.18. The van der Waals surface area contributed by atoms with Crippen molar-refractivity contribution in [1.29, 1.82) is 0 Å². The molecule has 8 unspecified atom stereocenters. The van der Waals surface area contributed by atoms with Crippen molar-refractivity contribution < 1.29 is 4.74 Å². The molecule has 0 amide bonds. The van der Waals surface area contributed by atoms with Crippen LogP contribution in [0.15, 0.2) is 142 Å². The van der Waals surface area contributed by atoms with Crippen molar-refractivity contribution in [1.82, 2.24) is 9.88 Å². The number of ether oxygens (including phenoxy) is 1. The zero-order chi connectivity index (χ0) is 34.8. The van der Waals surface area contributed by atoms with Gasteiger partial charge in [-0.15, -0.1) is 0 Å². The number of aliphatic imine (C=N–C) groups is 2. The van der Waals surface area contributed by atoms with Gasteiger partial charge >= 0.3 is 0 Å². The molecule has 262 valence electrons. The normalized spacial score (nSPS) is 32.0. The number of para-hydroxylation sites is 1. The van der Waals surface area contributed by atoms with Gasteiger partial charge in [-0.1, -0.05) is 117 Å². The third-order valence-corrected chi connectivity index (χ3v) is 12.7. The number of hydrogen-bond donors (Lipinski definition) is 1. The average Bonchev–Trinajstić information content (AvgIpc) is 3.74. The van der Waals surface area contributed by atoms with E-state index in [2.05, 4.69) is 139 Å². The molecule has 3 aromatic rings. The molecular weight excluding hydrogens is 637 g/mol. The summed E-state index contributed by atoms with van der Waals surface area (Å²) in [5.41, 5.74) is 10.3. The van der Waals surface area contributed by atoms with E-state index in [9.17, 15) is 0 Å². The lowest BCUT2D eigenvalue weighted by Gasteiger charge is -2.39. The quantitative estimate of drug-likeness (QED) is 0.272. The predicted molar refractivity (Wildman–Crippen MR) is 213 cm³/mol. The van der Waals surface area contributed by atoms with E-state index in [-0.39, 0.29) is 30.3 Å². The molecule has 1 N–H and O–H groups in total. The first-order valence-electron chi connectivity index (χ1n) is 19.7. The fourth-order valence-electron chi connectivity index (χ4n) is 10.4. The third kappa shape index (κ3) is 5.31. The molecule has 1 fully saturated rings. The number of nitrogens with zero attached hydrogens (tertiary/aromatic N) is 3. The largest absolute Gasteiger partial charge is 0.370 e. The summed E-state index contributed by atoms with van der Waals surface area (Å²) in [6, 6.07) is 20.0. The minimum absolute atomic E-state index is 0.0440. The first-order valence-corrected chi connectivity index (χ1v) is 19.7. The van der Waals surface area contributed by atoms with Gasteiger partial charge in [-0.2, -0.15) is 0 Å². The summed E-state index contributed by atoms with van der Waals surface area (Å²) in [4.78, 5) is 10.8. The lowest BCUT2D eigenvalue weighted by Crippen LogP contribution is -2.42. The van der Waals surface area contributed by atoms with E-state index < -0.39 is 0 Å². The summed E-state index contributed by atoms with van der Waals surface area (Å²) in [5.74, 6) is 3.52. The van der Waals surface area contributed by atoms with Gasteiger partial charge in [0.05, 0.1) is 18.2 Å². The molecule has 0 spiro atoms. The first kappa shape index (κ1) is 32.0. The third-order valence-electron chi connectivity index (χ3n) is 12.7. The Hall–Kier alpha value is -4.74. The van der Waals surface area contributed by atoms with E-state index in [1.807, 2.05) is 0 Å². The lowest BCUT2D eigenvalue weighted by molar-refractivity contribution is 0.0462. The lowest BCUT2D eigenvalue weighted by atomic mass is 9.69. The highest BCUT2D eigenvalue weighted by atomic mass is 16.5. The van der Waals surface area contributed by atoms with Gasteiger partial charge in [0, 0.05) is 40.1 Å². The van der Waals surface area contributed by atoms with Gasteiger partial charge in [0.15, 0.2) is 6.17 Å². The van der Waals surface area contributed by atoms with Gasteiger partial charge in [-0.05, 0) is 90.7 Å². The molecule has 5 nitrogen and oxygen atoms in total. The Bertz CT molecular complexity index is 2200. The molecule has 1 aromatic heterocycles. The van der Waals surface area contributed by atoms with E-state index in [1.54, 1.807) is 0 Å². The number of allylic oxidation sites excluding steroid dienone is 8. The van der Waals surface area contributed by atoms with Crippen molar-refractivity contribution >= 4 is 28.1 Å². The summed E-state index contributed by atoms with van der Waals surface area (Å²) in [7, 11) is 0. The monoisotopic (exact) mass is 684 g/mol. The number of amidine groups is 2. The Kier molecular flexibility index (Phi) is 8.01. The van der Waals surface area contributed by atoms with Crippen LogP contribution in [0.3, 0.4) is 0 Å². The van der Waals surface area contributed by atoms with Gasteiger partial charge in [0.1, 0.15) is 11.7 Å². The van der Waals surface area contributed by atoms with Crippen LogP contribution in [0.2, 0.25) is 0 Å². The minimum atomic E-state index is -0.288. The highest BCUT2D eigenvalue weighted by Gasteiger charge is 2.51. The summed E-state index contributed by atoms with van der Waals surface area (Å²) in [5, 5.41) is 5.22. The predicted octanol–water partition coefficient (Wildman–Crippen LogP) is 10.1. The summed E-state index contributed by atoms with van der Waals surface area (Å²) >= 11 is 0. The van der Waals surface area contributed by atoms with Gasteiger partial charge in [-0.25, -0.2) is 9.98 Å². The fourth-order valence-corrected chi connectivity index (χ4v) is 10.4. The Morgan fingerprint density at radius 1 is 0.808 bits per heavy atom. The van der Waals surface area contributed by atoms with Gasteiger partial charge < -0.3 is 14.6 Å². The van der Waals surface area contributed by atoms with Crippen molar-refractivity contribution in [2.75, 3.05) is 0 Å². The maximum absolute atomic E-state index is 6.86. The molecule has 52 heavy (non-hydrogen) atoms. The van der Waals surface area contributed by atoms with Crippen LogP contribution >= 0.6 is 0 Å². The average molecular weight is 685 g/mol. The molecule has 2 aliphatic heterocycles. The zero-order valence-electron chi connectivity index (χ0n) is 30.3. The van der Waals surface area contributed by atoms with Crippen LogP contribution in [-0.4, -0.2) is 34.6 Å². The molecule has 0 bridgehead atoms.